The average molecular weight is 288 g/mol. The molecule has 0 saturated carbocycles. The lowest BCUT2D eigenvalue weighted by atomic mass is 10.1. The molecule has 4 nitrogen and oxygen atoms in total. The summed E-state index contributed by atoms with van der Waals surface area (Å²) in [6, 6.07) is 6.36. The number of benzene rings is 1. The van der Waals surface area contributed by atoms with Crippen molar-refractivity contribution < 1.29 is 4.39 Å². The Balaban J connectivity index is 2.08. The minimum atomic E-state index is -0.273. The van der Waals surface area contributed by atoms with Gasteiger partial charge in [-0.3, -0.25) is 0 Å². The van der Waals surface area contributed by atoms with Crippen LogP contribution in [0.25, 0.3) is 0 Å². The molecule has 0 saturated heterocycles. The molecule has 0 aliphatic rings. The number of rotatable bonds is 4. The fourth-order valence-electron chi connectivity index (χ4n) is 1.78. The SMILES string of the molecule is CN(c1cccc(F)c1)c1ncc(CNC(C)(C)C)cn1. The zero-order valence-electron chi connectivity index (χ0n) is 12.9. The second-order valence-corrected chi connectivity index (χ2v) is 6.03. The number of hydrogen-bond acceptors (Lipinski definition) is 4. The molecule has 0 aliphatic carbocycles. The normalized spacial score (nSPS) is 11.5. The maximum atomic E-state index is 13.2. The van der Waals surface area contributed by atoms with Crippen LogP contribution in [0.2, 0.25) is 0 Å². The Bertz CT molecular complexity index is 590. The van der Waals surface area contributed by atoms with Gasteiger partial charge in [-0.25, -0.2) is 14.4 Å². The van der Waals surface area contributed by atoms with Crippen molar-refractivity contribution in [3.05, 3.63) is 48.0 Å². The predicted molar refractivity (Wildman–Crippen MR) is 83.1 cm³/mol. The fraction of sp³-hybridized carbons (Fsp3) is 0.375. The van der Waals surface area contributed by atoms with Gasteiger partial charge in [0.05, 0.1) is 0 Å². The molecule has 112 valence electrons. The van der Waals surface area contributed by atoms with E-state index in [1.165, 1.54) is 12.1 Å². The van der Waals surface area contributed by atoms with Crippen molar-refractivity contribution >= 4 is 11.6 Å². The summed E-state index contributed by atoms with van der Waals surface area (Å²) in [7, 11) is 1.82. The van der Waals surface area contributed by atoms with Crippen molar-refractivity contribution in [2.75, 3.05) is 11.9 Å². The van der Waals surface area contributed by atoms with Gasteiger partial charge < -0.3 is 10.2 Å². The number of hydrogen-bond donors (Lipinski definition) is 1. The largest absolute Gasteiger partial charge is 0.314 e. The van der Waals surface area contributed by atoms with Crippen molar-refractivity contribution in [1.29, 1.82) is 0 Å². The van der Waals surface area contributed by atoms with E-state index in [9.17, 15) is 4.39 Å². The van der Waals surface area contributed by atoms with Gasteiger partial charge in [-0.2, -0.15) is 0 Å². The van der Waals surface area contributed by atoms with Gasteiger partial charge in [0, 0.05) is 42.8 Å². The van der Waals surface area contributed by atoms with E-state index in [2.05, 4.69) is 36.1 Å². The van der Waals surface area contributed by atoms with E-state index in [-0.39, 0.29) is 11.4 Å². The average Bonchev–Trinajstić information content (AvgIpc) is 2.44. The monoisotopic (exact) mass is 288 g/mol. The van der Waals surface area contributed by atoms with Crippen LogP contribution in [0.5, 0.6) is 0 Å². The summed E-state index contributed by atoms with van der Waals surface area (Å²) < 4.78 is 13.2. The first-order chi connectivity index (χ1) is 9.85. The van der Waals surface area contributed by atoms with E-state index in [0.717, 1.165) is 11.3 Å². The minimum absolute atomic E-state index is 0.0526. The van der Waals surface area contributed by atoms with Crippen LogP contribution in [0.4, 0.5) is 16.0 Å². The molecular formula is C16H21FN4. The number of anilines is 2. The molecule has 1 N–H and O–H groups in total. The Morgan fingerprint density at radius 2 is 1.86 bits per heavy atom. The summed E-state index contributed by atoms with van der Waals surface area (Å²) in [6.45, 7) is 7.05. The quantitative estimate of drug-likeness (QED) is 0.937. The van der Waals surface area contributed by atoms with Crippen molar-refractivity contribution in [3.63, 3.8) is 0 Å². The number of nitrogens with zero attached hydrogens (tertiary/aromatic N) is 3. The number of nitrogens with one attached hydrogen (secondary N) is 1. The maximum absolute atomic E-state index is 13.2. The number of halogens is 1. The first kappa shape index (κ1) is 15.4. The van der Waals surface area contributed by atoms with E-state index in [1.54, 1.807) is 23.4 Å². The van der Waals surface area contributed by atoms with Gasteiger partial charge in [0.25, 0.3) is 0 Å². The lowest BCUT2D eigenvalue weighted by Gasteiger charge is -2.21. The van der Waals surface area contributed by atoms with Crippen LogP contribution in [-0.4, -0.2) is 22.6 Å². The van der Waals surface area contributed by atoms with E-state index >= 15 is 0 Å². The van der Waals surface area contributed by atoms with Crippen molar-refractivity contribution in [2.24, 2.45) is 0 Å². The summed E-state index contributed by atoms with van der Waals surface area (Å²) >= 11 is 0. The molecule has 1 aromatic heterocycles. The van der Waals surface area contributed by atoms with Crippen LogP contribution in [0.1, 0.15) is 26.3 Å². The third-order valence-corrected chi connectivity index (χ3v) is 3.01. The molecule has 2 rings (SSSR count). The molecule has 21 heavy (non-hydrogen) atoms. The Morgan fingerprint density at radius 3 is 2.43 bits per heavy atom. The van der Waals surface area contributed by atoms with Gasteiger partial charge in [0.1, 0.15) is 5.82 Å². The highest BCUT2D eigenvalue weighted by molar-refractivity contribution is 5.55. The molecule has 2 aromatic rings. The smallest absolute Gasteiger partial charge is 0.229 e. The van der Waals surface area contributed by atoms with Crippen LogP contribution in [0, 0.1) is 5.82 Å². The molecule has 1 aromatic carbocycles. The van der Waals surface area contributed by atoms with E-state index < -0.39 is 0 Å². The van der Waals surface area contributed by atoms with Crippen LogP contribution < -0.4 is 10.2 Å². The molecule has 0 aliphatic heterocycles. The van der Waals surface area contributed by atoms with Gasteiger partial charge in [0.15, 0.2) is 0 Å². The van der Waals surface area contributed by atoms with E-state index in [0.29, 0.717) is 12.5 Å². The molecule has 1 heterocycles. The van der Waals surface area contributed by atoms with Gasteiger partial charge in [-0.15, -0.1) is 0 Å². The third-order valence-electron chi connectivity index (χ3n) is 3.01. The molecule has 0 radical (unpaired) electrons. The molecule has 0 bridgehead atoms. The highest BCUT2D eigenvalue weighted by Crippen LogP contribution is 2.20. The van der Waals surface area contributed by atoms with Crippen molar-refractivity contribution in [1.82, 2.24) is 15.3 Å². The Morgan fingerprint density at radius 1 is 1.19 bits per heavy atom. The van der Waals surface area contributed by atoms with Gasteiger partial charge in [-0.05, 0) is 39.0 Å². The maximum Gasteiger partial charge on any atom is 0.229 e. The summed E-state index contributed by atoms with van der Waals surface area (Å²) in [5.74, 6) is 0.269. The molecular weight excluding hydrogens is 267 g/mol. The topological polar surface area (TPSA) is 41.1 Å². The van der Waals surface area contributed by atoms with Crippen molar-refractivity contribution in [2.45, 2.75) is 32.9 Å². The zero-order chi connectivity index (χ0) is 15.5. The first-order valence-electron chi connectivity index (χ1n) is 6.90. The minimum Gasteiger partial charge on any atom is -0.314 e. The Hall–Kier alpha value is -2.01. The highest BCUT2D eigenvalue weighted by atomic mass is 19.1. The molecule has 5 heteroatoms. The zero-order valence-corrected chi connectivity index (χ0v) is 12.9. The lowest BCUT2D eigenvalue weighted by Crippen LogP contribution is -2.35. The predicted octanol–water partition coefficient (Wildman–Crippen LogP) is 3.27. The second kappa shape index (κ2) is 6.18. The fourth-order valence-corrected chi connectivity index (χ4v) is 1.78. The lowest BCUT2D eigenvalue weighted by molar-refractivity contribution is 0.423. The van der Waals surface area contributed by atoms with Gasteiger partial charge in [0.2, 0.25) is 5.95 Å². The third kappa shape index (κ3) is 4.49. The van der Waals surface area contributed by atoms with Crippen LogP contribution in [0.15, 0.2) is 36.7 Å². The number of aromatic nitrogens is 2. The van der Waals surface area contributed by atoms with Gasteiger partial charge >= 0.3 is 0 Å². The molecule has 0 atom stereocenters. The first-order valence-corrected chi connectivity index (χ1v) is 6.90. The molecule has 0 fully saturated rings. The summed E-state index contributed by atoms with van der Waals surface area (Å²) in [5, 5.41) is 3.38. The van der Waals surface area contributed by atoms with Crippen LogP contribution in [0.3, 0.4) is 0 Å². The molecule has 0 spiro atoms. The summed E-state index contributed by atoms with van der Waals surface area (Å²) in [5.41, 5.74) is 1.79. The van der Waals surface area contributed by atoms with Crippen LogP contribution in [-0.2, 0) is 6.54 Å². The Labute approximate surface area is 125 Å². The Kier molecular flexibility index (Phi) is 4.53. The molecule has 0 amide bonds. The van der Waals surface area contributed by atoms with Crippen molar-refractivity contribution in [3.8, 4) is 0 Å². The standard InChI is InChI=1S/C16H21FN4/c1-16(2,3)20-11-12-9-18-15(19-10-12)21(4)14-7-5-6-13(17)8-14/h5-10,20H,11H2,1-4H3. The summed E-state index contributed by atoms with van der Waals surface area (Å²) in [6.07, 6.45) is 3.58. The van der Waals surface area contributed by atoms with Gasteiger partial charge in [-0.1, -0.05) is 6.07 Å². The highest BCUT2D eigenvalue weighted by Gasteiger charge is 2.10. The van der Waals surface area contributed by atoms with E-state index in [4.69, 9.17) is 0 Å². The van der Waals surface area contributed by atoms with Crippen LogP contribution >= 0.6 is 0 Å². The van der Waals surface area contributed by atoms with E-state index in [1.807, 2.05) is 13.1 Å². The second-order valence-electron chi connectivity index (χ2n) is 6.03. The molecule has 0 unspecified atom stereocenters. The summed E-state index contributed by atoms with van der Waals surface area (Å²) in [4.78, 5) is 10.4.